The quantitative estimate of drug-likeness (QED) is 0.241. The third kappa shape index (κ3) is 4.78. The number of fused-ring (bicyclic) bond motifs is 1. The first-order chi connectivity index (χ1) is 15.6. The SMILES string of the molecule is COC(=O)c1c(SCc2cc(C)ccc2C)nc2ccccc2c1OCc1ccccc1. The molecule has 162 valence electrons. The minimum absolute atomic E-state index is 0.347. The average molecular weight is 444 g/mol. The van der Waals surface area contributed by atoms with Crippen LogP contribution < -0.4 is 4.74 Å². The van der Waals surface area contributed by atoms with E-state index in [1.807, 2.05) is 54.6 Å². The van der Waals surface area contributed by atoms with Crippen molar-refractivity contribution in [1.29, 1.82) is 0 Å². The first-order valence-electron chi connectivity index (χ1n) is 10.4. The number of pyridine rings is 1. The van der Waals surface area contributed by atoms with Gasteiger partial charge in [0.25, 0.3) is 0 Å². The first-order valence-corrected chi connectivity index (χ1v) is 11.4. The van der Waals surface area contributed by atoms with E-state index in [0.29, 0.717) is 28.7 Å². The van der Waals surface area contributed by atoms with Gasteiger partial charge in [-0.15, -0.1) is 11.8 Å². The summed E-state index contributed by atoms with van der Waals surface area (Å²) in [6.07, 6.45) is 0. The number of nitrogens with zero attached hydrogens (tertiary/aromatic N) is 1. The zero-order chi connectivity index (χ0) is 22.5. The Morgan fingerprint density at radius 3 is 2.50 bits per heavy atom. The molecule has 4 rings (SSSR count). The van der Waals surface area contributed by atoms with Gasteiger partial charge in [0.15, 0.2) is 0 Å². The fourth-order valence-corrected chi connectivity index (χ4v) is 4.61. The highest BCUT2D eigenvalue weighted by atomic mass is 32.2. The number of benzene rings is 3. The van der Waals surface area contributed by atoms with Gasteiger partial charge in [-0.1, -0.05) is 66.2 Å². The molecule has 0 aliphatic carbocycles. The third-order valence-electron chi connectivity index (χ3n) is 5.30. The fraction of sp³-hybridized carbons (Fsp3) is 0.185. The summed E-state index contributed by atoms with van der Waals surface area (Å²) in [7, 11) is 1.39. The van der Waals surface area contributed by atoms with Crippen molar-refractivity contribution in [3.05, 3.63) is 101 Å². The molecule has 0 saturated heterocycles. The number of hydrogen-bond donors (Lipinski definition) is 0. The largest absolute Gasteiger partial charge is 0.487 e. The lowest BCUT2D eigenvalue weighted by Gasteiger charge is -2.17. The Labute approximate surface area is 192 Å². The number of carbonyl (C=O) groups is 1. The molecule has 0 N–H and O–H groups in total. The van der Waals surface area contributed by atoms with Crippen LogP contribution in [0.15, 0.2) is 77.8 Å². The Hall–Kier alpha value is -3.31. The van der Waals surface area contributed by atoms with E-state index in [0.717, 1.165) is 16.5 Å². The molecule has 32 heavy (non-hydrogen) atoms. The van der Waals surface area contributed by atoms with Gasteiger partial charge in [-0.05, 0) is 42.7 Å². The summed E-state index contributed by atoms with van der Waals surface area (Å²) in [5.74, 6) is 0.755. The second-order valence-electron chi connectivity index (χ2n) is 7.62. The van der Waals surface area contributed by atoms with Crippen molar-refractivity contribution in [1.82, 2.24) is 4.98 Å². The number of methoxy groups -OCH3 is 1. The monoisotopic (exact) mass is 443 g/mol. The maximum absolute atomic E-state index is 12.9. The lowest BCUT2D eigenvalue weighted by Crippen LogP contribution is -2.10. The summed E-state index contributed by atoms with van der Waals surface area (Å²) in [5.41, 5.74) is 5.81. The third-order valence-corrected chi connectivity index (χ3v) is 6.32. The number of hydrogen-bond acceptors (Lipinski definition) is 5. The van der Waals surface area contributed by atoms with Gasteiger partial charge in [-0.3, -0.25) is 0 Å². The molecule has 0 saturated carbocycles. The number of para-hydroxylation sites is 1. The Bertz CT molecular complexity index is 1250. The van der Waals surface area contributed by atoms with Gasteiger partial charge in [0.1, 0.15) is 22.9 Å². The van der Waals surface area contributed by atoms with E-state index in [2.05, 4.69) is 32.0 Å². The van der Waals surface area contributed by atoms with Crippen LogP contribution in [0.25, 0.3) is 10.9 Å². The summed E-state index contributed by atoms with van der Waals surface area (Å²) >= 11 is 1.53. The van der Waals surface area contributed by atoms with Crippen LogP contribution in [0, 0.1) is 13.8 Å². The summed E-state index contributed by atoms with van der Waals surface area (Å²) in [6.45, 7) is 4.52. The minimum atomic E-state index is -0.449. The van der Waals surface area contributed by atoms with E-state index >= 15 is 0 Å². The Morgan fingerprint density at radius 1 is 0.969 bits per heavy atom. The summed E-state index contributed by atoms with van der Waals surface area (Å²) in [5, 5.41) is 1.40. The van der Waals surface area contributed by atoms with Gasteiger partial charge < -0.3 is 9.47 Å². The summed E-state index contributed by atoms with van der Waals surface area (Å²) in [6, 6.07) is 24.0. The second kappa shape index (κ2) is 9.88. The maximum atomic E-state index is 12.9. The van der Waals surface area contributed by atoms with Crippen molar-refractivity contribution in [2.45, 2.75) is 31.2 Å². The number of thioether (sulfide) groups is 1. The van der Waals surface area contributed by atoms with Crippen LogP contribution in [-0.2, 0) is 17.1 Å². The number of aromatic nitrogens is 1. The topological polar surface area (TPSA) is 48.4 Å². The van der Waals surface area contributed by atoms with Crippen molar-refractivity contribution in [2.75, 3.05) is 7.11 Å². The van der Waals surface area contributed by atoms with Gasteiger partial charge in [0.05, 0.1) is 12.6 Å². The van der Waals surface area contributed by atoms with E-state index in [4.69, 9.17) is 14.5 Å². The number of aryl methyl sites for hydroxylation is 2. The van der Waals surface area contributed by atoms with Gasteiger partial charge in [0, 0.05) is 11.1 Å². The molecule has 0 fully saturated rings. The molecule has 3 aromatic carbocycles. The molecule has 1 aromatic heterocycles. The molecule has 0 bridgehead atoms. The van der Waals surface area contributed by atoms with Crippen LogP contribution in [0.5, 0.6) is 5.75 Å². The maximum Gasteiger partial charge on any atom is 0.344 e. The van der Waals surface area contributed by atoms with Gasteiger partial charge in [0.2, 0.25) is 0 Å². The molecule has 0 aliphatic rings. The standard InChI is InChI=1S/C27H25NO3S/c1-18-13-14-19(2)21(15-18)17-32-26-24(27(29)30-3)25(22-11-7-8-12-23(22)28-26)31-16-20-9-5-4-6-10-20/h4-15H,16-17H2,1-3H3. The Kier molecular flexibility index (Phi) is 6.76. The van der Waals surface area contributed by atoms with Crippen molar-refractivity contribution in [2.24, 2.45) is 0 Å². The molecule has 4 aromatic rings. The van der Waals surface area contributed by atoms with E-state index in [-0.39, 0.29) is 0 Å². The van der Waals surface area contributed by atoms with Crippen molar-refractivity contribution in [3.8, 4) is 5.75 Å². The highest BCUT2D eigenvalue weighted by Crippen LogP contribution is 2.37. The molecule has 0 aliphatic heterocycles. The number of ether oxygens (including phenoxy) is 2. The number of rotatable bonds is 7. The van der Waals surface area contributed by atoms with Gasteiger partial charge in [-0.25, -0.2) is 9.78 Å². The Balaban J connectivity index is 1.77. The van der Waals surface area contributed by atoms with Crippen LogP contribution in [0.3, 0.4) is 0 Å². The van der Waals surface area contributed by atoms with Crippen LogP contribution >= 0.6 is 11.8 Å². The molecule has 0 amide bonds. The molecule has 1 heterocycles. The second-order valence-corrected chi connectivity index (χ2v) is 8.59. The normalized spacial score (nSPS) is 10.8. The summed E-state index contributed by atoms with van der Waals surface area (Å²) < 4.78 is 11.4. The van der Waals surface area contributed by atoms with Crippen LogP contribution in [0.4, 0.5) is 0 Å². The van der Waals surface area contributed by atoms with Crippen molar-refractivity contribution in [3.63, 3.8) is 0 Å². The Morgan fingerprint density at radius 2 is 1.72 bits per heavy atom. The first kappa shape index (κ1) is 21.9. The minimum Gasteiger partial charge on any atom is -0.487 e. The molecule has 0 atom stereocenters. The molecule has 0 unspecified atom stereocenters. The lowest BCUT2D eigenvalue weighted by molar-refractivity contribution is 0.0590. The predicted octanol–water partition coefficient (Wildman–Crippen LogP) is 6.51. The molecule has 0 spiro atoms. The zero-order valence-electron chi connectivity index (χ0n) is 18.4. The molecule has 5 heteroatoms. The number of carbonyl (C=O) groups excluding carboxylic acids is 1. The van der Waals surface area contributed by atoms with Gasteiger partial charge in [-0.2, -0.15) is 0 Å². The van der Waals surface area contributed by atoms with Crippen LogP contribution in [0.2, 0.25) is 0 Å². The smallest absolute Gasteiger partial charge is 0.344 e. The van der Waals surface area contributed by atoms with Crippen molar-refractivity contribution >= 4 is 28.6 Å². The summed E-state index contributed by atoms with van der Waals surface area (Å²) in [4.78, 5) is 17.7. The molecular formula is C27H25NO3S. The predicted molar refractivity (Wildman–Crippen MR) is 129 cm³/mol. The van der Waals surface area contributed by atoms with E-state index in [1.54, 1.807) is 0 Å². The molecule has 4 nitrogen and oxygen atoms in total. The van der Waals surface area contributed by atoms with E-state index in [1.165, 1.54) is 35.6 Å². The molecule has 0 radical (unpaired) electrons. The van der Waals surface area contributed by atoms with Crippen molar-refractivity contribution < 1.29 is 14.3 Å². The average Bonchev–Trinajstić information content (AvgIpc) is 2.82. The fourth-order valence-electron chi connectivity index (χ4n) is 3.53. The van der Waals surface area contributed by atoms with Crippen LogP contribution in [0.1, 0.15) is 32.6 Å². The molecular weight excluding hydrogens is 418 g/mol. The van der Waals surface area contributed by atoms with E-state index in [9.17, 15) is 4.79 Å². The van der Waals surface area contributed by atoms with Crippen LogP contribution in [-0.4, -0.2) is 18.1 Å². The van der Waals surface area contributed by atoms with Gasteiger partial charge >= 0.3 is 5.97 Å². The highest BCUT2D eigenvalue weighted by molar-refractivity contribution is 7.98. The lowest BCUT2D eigenvalue weighted by atomic mass is 10.1. The highest BCUT2D eigenvalue weighted by Gasteiger charge is 2.24. The zero-order valence-corrected chi connectivity index (χ0v) is 19.2. The number of esters is 1. The van der Waals surface area contributed by atoms with E-state index < -0.39 is 5.97 Å².